The van der Waals surface area contributed by atoms with Crippen LogP contribution in [0.25, 0.3) is 22.0 Å². The van der Waals surface area contributed by atoms with Crippen LogP contribution in [0.4, 0.5) is 5.69 Å². The number of carbonyl (C=O) groups excluding carboxylic acids is 1. The summed E-state index contributed by atoms with van der Waals surface area (Å²) in [6, 6.07) is 9.43. The molecule has 0 atom stereocenters. The maximum absolute atomic E-state index is 12.6. The minimum atomic E-state index is -0.169. The maximum atomic E-state index is 12.6. The van der Waals surface area contributed by atoms with Gasteiger partial charge >= 0.3 is 0 Å². The number of fused-ring (bicyclic) bond motifs is 2. The van der Waals surface area contributed by atoms with Crippen LogP contribution in [0.15, 0.2) is 47.2 Å². The highest BCUT2D eigenvalue weighted by Gasteiger charge is 2.13. The van der Waals surface area contributed by atoms with Crippen molar-refractivity contribution in [2.24, 2.45) is 7.05 Å². The van der Waals surface area contributed by atoms with E-state index in [-0.39, 0.29) is 5.91 Å². The Bertz CT molecular complexity index is 1050. The van der Waals surface area contributed by atoms with E-state index in [9.17, 15) is 4.79 Å². The molecule has 4 rings (SSSR count). The zero-order chi connectivity index (χ0) is 16.0. The number of nitrogens with zero attached hydrogens (tertiary/aromatic N) is 3. The maximum Gasteiger partial charge on any atom is 0.258 e. The Labute approximate surface area is 131 Å². The molecule has 1 aromatic carbocycles. The molecule has 3 aromatic heterocycles. The lowest BCUT2D eigenvalue weighted by molar-refractivity contribution is 0.102. The summed E-state index contributed by atoms with van der Waals surface area (Å²) in [6.45, 7) is 1.84. The normalized spacial score (nSPS) is 11.2. The van der Waals surface area contributed by atoms with E-state index in [2.05, 4.69) is 15.5 Å². The van der Waals surface area contributed by atoms with Crippen LogP contribution in [0, 0.1) is 6.92 Å². The largest absolute Gasteiger partial charge is 0.351 e. The molecule has 3 heterocycles. The van der Waals surface area contributed by atoms with Gasteiger partial charge in [0.15, 0.2) is 0 Å². The van der Waals surface area contributed by atoms with Gasteiger partial charge in [-0.2, -0.15) is 0 Å². The van der Waals surface area contributed by atoms with Gasteiger partial charge in [0.05, 0.1) is 23.0 Å². The second kappa shape index (κ2) is 4.95. The number of hydrogen-bond acceptors (Lipinski definition) is 4. The molecule has 6 heteroatoms. The Kier molecular flexibility index (Phi) is 2.90. The van der Waals surface area contributed by atoms with Crippen LogP contribution in [0.3, 0.4) is 0 Å². The lowest BCUT2D eigenvalue weighted by Gasteiger charge is -2.06. The van der Waals surface area contributed by atoms with Gasteiger partial charge < -0.3 is 14.4 Å². The molecule has 0 spiro atoms. The van der Waals surface area contributed by atoms with Crippen LogP contribution in [-0.2, 0) is 7.05 Å². The number of amides is 1. The third-order valence-electron chi connectivity index (χ3n) is 3.94. The molecule has 0 saturated carbocycles. The molecule has 23 heavy (non-hydrogen) atoms. The van der Waals surface area contributed by atoms with Crippen molar-refractivity contribution in [1.29, 1.82) is 0 Å². The van der Waals surface area contributed by atoms with Crippen molar-refractivity contribution in [2.45, 2.75) is 6.92 Å². The molecule has 1 N–H and O–H groups in total. The lowest BCUT2D eigenvalue weighted by Crippen LogP contribution is -2.12. The Balaban J connectivity index is 1.71. The fourth-order valence-electron chi connectivity index (χ4n) is 2.71. The molecular formula is C17H14N4O2. The fraction of sp³-hybridized carbons (Fsp3) is 0.118. The molecule has 0 saturated heterocycles. The van der Waals surface area contributed by atoms with Crippen LogP contribution < -0.4 is 5.32 Å². The molecule has 0 bridgehead atoms. The van der Waals surface area contributed by atoms with E-state index in [1.165, 1.54) is 0 Å². The molecule has 0 unspecified atom stereocenters. The molecule has 114 valence electrons. The molecule has 0 aliphatic carbocycles. The van der Waals surface area contributed by atoms with E-state index in [1.807, 2.05) is 55.1 Å². The fourth-order valence-corrected chi connectivity index (χ4v) is 2.71. The number of rotatable bonds is 2. The van der Waals surface area contributed by atoms with Crippen LogP contribution in [0.5, 0.6) is 0 Å². The third kappa shape index (κ3) is 2.15. The van der Waals surface area contributed by atoms with Gasteiger partial charge in [-0.1, -0.05) is 11.2 Å². The van der Waals surface area contributed by atoms with Crippen molar-refractivity contribution in [3.63, 3.8) is 0 Å². The van der Waals surface area contributed by atoms with Gasteiger partial charge in [0, 0.05) is 29.7 Å². The van der Waals surface area contributed by atoms with E-state index in [0.29, 0.717) is 17.0 Å². The number of aryl methyl sites for hydroxylation is 2. The summed E-state index contributed by atoms with van der Waals surface area (Å²) in [5.74, 6) is -0.169. The van der Waals surface area contributed by atoms with Crippen LogP contribution in [-0.4, -0.2) is 20.6 Å². The minimum absolute atomic E-state index is 0.169. The Morgan fingerprint density at radius 1 is 1.26 bits per heavy atom. The second-order valence-corrected chi connectivity index (χ2v) is 5.46. The van der Waals surface area contributed by atoms with Crippen molar-refractivity contribution in [2.75, 3.05) is 5.32 Å². The molecular weight excluding hydrogens is 292 g/mol. The van der Waals surface area contributed by atoms with Crippen molar-refractivity contribution in [3.05, 3.63) is 54.0 Å². The molecule has 0 aliphatic rings. The van der Waals surface area contributed by atoms with Crippen LogP contribution >= 0.6 is 0 Å². The number of benzene rings is 1. The molecule has 4 aromatic rings. The van der Waals surface area contributed by atoms with Gasteiger partial charge in [-0.15, -0.1) is 0 Å². The second-order valence-electron chi connectivity index (χ2n) is 5.46. The molecule has 6 nitrogen and oxygen atoms in total. The van der Waals surface area contributed by atoms with Gasteiger partial charge in [0.2, 0.25) is 0 Å². The van der Waals surface area contributed by atoms with Crippen LogP contribution in [0.2, 0.25) is 0 Å². The quantitative estimate of drug-likeness (QED) is 0.617. The van der Waals surface area contributed by atoms with Crippen molar-refractivity contribution in [1.82, 2.24) is 14.7 Å². The SMILES string of the molecule is Cc1noc2ncc(NC(=O)c3cccc4c3ccn4C)cc12. The summed E-state index contributed by atoms with van der Waals surface area (Å²) in [5.41, 5.74) is 3.47. The van der Waals surface area contributed by atoms with Gasteiger partial charge in [0.25, 0.3) is 11.6 Å². The molecule has 1 amide bonds. The van der Waals surface area contributed by atoms with Gasteiger partial charge in [-0.3, -0.25) is 4.79 Å². The Morgan fingerprint density at radius 3 is 3.00 bits per heavy atom. The van der Waals surface area contributed by atoms with Gasteiger partial charge in [0.1, 0.15) is 0 Å². The van der Waals surface area contributed by atoms with Gasteiger partial charge in [-0.05, 0) is 31.2 Å². The number of hydrogen-bond donors (Lipinski definition) is 1. The number of pyridine rings is 1. The first-order chi connectivity index (χ1) is 11.1. The summed E-state index contributed by atoms with van der Waals surface area (Å²) in [7, 11) is 1.95. The predicted molar refractivity (Wildman–Crippen MR) is 87.4 cm³/mol. The standard InChI is InChI=1S/C17H14N4O2/c1-10-14-8-11(9-18-17(14)23-20-10)19-16(22)13-4-3-5-15-12(13)6-7-21(15)2/h3-9H,1-2H3,(H,19,22). The molecule has 0 radical (unpaired) electrons. The van der Waals surface area contributed by atoms with E-state index in [1.54, 1.807) is 6.20 Å². The predicted octanol–water partition coefficient (Wildman–Crippen LogP) is 3.28. The topological polar surface area (TPSA) is 73.0 Å². The number of carbonyl (C=O) groups is 1. The smallest absolute Gasteiger partial charge is 0.258 e. The molecule has 0 fully saturated rings. The first kappa shape index (κ1) is 13.5. The Morgan fingerprint density at radius 2 is 2.13 bits per heavy atom. The van der Waals surface area contributed by atoms with Gasteiger partial charge in [-0.25, -0.2) is 4.98 Å². The summed E-state index contributed by atoms with van der Waals surface area (Å²) < 4.78 is 7.06. The highest BCUT2D eigenvalue weighted by Crippen LogP contribution is 2.23. The van der Waals surface area contributed by atoms with E-state index < -0.39 is 0 Å². The van der Waals surface area contributed by atoms with Crippen molar-refractivity contribution >= 4 is 33.6 Å². The number of aromatic nitrogens is 3. The van der Waals surface area contributed by atoms with E-state index in [0.717, 1.165) is 22.0 Å². The summed E-state index contributed by atoms with van der Waals surface area (Å²) in [5, 5.41) is 8.47. The monoisotopic (exact) mass is 306 g/mol. The number of nitrogens with one attached hydrogen (secondary N) is 1. The highest BCUT2D eigenvalue weighted by molar-refractivity contribution is 6.12. The summed E-state index contributed by atoms with van der Waals surface area (Å²) in [4.78, 5) is 16.8. The average Bonchev–Trinajstić information content (AvgIpc) is 3.11. The first-order valence-corrected chi connectivity index (χ1v) is 7.21. The van der Waals surface area contributed by atoms with E-state index >= 15 is 0 Å². The third-order valence-corrected chi connectivity index (χ3v) is 3.94. The van der Waals surface area contributed by atoms with Crippen molar-refractivity contribution < 1.29 is 9.32 Å². The zero-order valence-electron chi connectivity index (χ0n) is 12.7. The van der Waals surface area contributed by atoms with Crippen LogP contribution in [0.1, 0.15) is 16.1 Å². The zero-order valence-corrected chi connectivity index (χ0v) is 12.7. The highest BCUT2D eigenvalue weighted by atomic mass is 16.5. The average molecular weight is 306 g/mol. The van der Waals surface area contributed by atoms with E-state index in [4.69, 9.17) is 4.52 Å². The number of anilines is 1. The Hall–Kier alpha value is -3.15. The lowest BCUT2D eigenvalue weighted by atomic mass is 10.1. The minimum Gasteiger partial charge on any atom is -0.351 e. The first-order valence-electron chi connectivity index (χ1n) is 7.21. The summed E-state index contributed by atoms with van der Waals surface area (Å²) >= 11 is 0. The molecule has 0 aliphatic heterocycles. The summed E-state index contributed by atoms with van der Waals surface area (Å²) in [6.07, 6.45) is 3.51. The van der Waals surface area contributed by atoms with Crippen molar-refractivity contribution in [3.8, 4) is 0 Å².